The highest BCUT2D eigenvalue weighted by Crippen LogP contribution is 2.22. The van der Waals surface area contributed by atoms with Gasteiger partial charge in [0.25, 0.3) is 0 Å². The molecule has 3 N–H and O–H groups in total. The number of hydrogen-bond acceptors (Lipinski definition) is 3. The van der Waals surface area contributed by atoms with Crippen LogP contribution in [0.15, 0.2) is 24.3 Å². The summed E-state index contributed by atoms with van der Waals surface area (Å²) in [7, 11) is 0. The number of piperazine rings is 1. The van der Waals surface area contributed by atoms with Crippen LogP contribution in [0, 0.1) is 5.82 Å². The van der Waals surface area contributed by atoms with E-state index in [1.54, 1.807) is 6.92 Å². The number of anilines is 1. The number of nitrogens with zero attached hydrogens (tertiary/aromatic N) is 1. The van der Waals surface area contributed by atoms with E-state index in [0.29, 0.717) is 18.7 Å². The van der Waals surface area contributed by atoms with Crippen molar-refractivity contribution in [2.75, 3.05) is 11.9 Å². The summed E-state index contributed by atoms with van der Waals surface area (Å²) in [6, 6.07) is 3.56. The molecule has 1 aromatic carbocycles. The first kappa shape index (κ1) is 15.3. The predicted octanol–water partition coefficient (Wildman–Crippen LogP) is 0.435. The van der Waals surface area contributed by atoms with E-state index in [-0.39, 0.29) is 23.7 Å². The Hall–Kier alpha value is -2.64. The van der Waals surface area contributed by atoms with Gasteiger partial charge in [-0.2, -0.15) is 0 Å². The lowest BCUT2D eigenvalue weighted by Gasteiger charge is -2.32. The Morgan fingerprint density at radius 2 is 2.00 bits per heavy atom. The van der Waals surface area contributed by atoms with Crippen LogP contribution in [0.5, 0.6) is 0 Å². The SMILES string of the molecule is C[C@H]1NC(=O)[C@@H]2C[C@H](NC(=O)Nc3ccc(F)cc3)CN2C1=O. The number of benzene rings is 1. The second kappa shape index (κ2) is 5.86. The average molecular weight is 320 g/mol. The maximum absolute atomic E-state index is 12.8. The van der Waals surface area contributed by atoms with Crippen LogP contribution in [0.25, 0.3) is 0 Å². The largest absolute Gasteiger partial charge is 0.343 e. The predicted molar refractivity (Wildman–Crippen MR) is 80.1 cm³/mol. The van der Waals surface area contributed by atoms with Gasteiger partial charge in [-0.1, -0.05) is 0 Å². The number of fused-ring (bicyclic) bond motifs is 1. The summed E-state index contributed by atoms with van der Waals surface area (Å²) in [5, 5.41) is 7.95. The second-order valence-corrected chi connectivity index (χ2v) is 5.77. The molecule has 0 radical (unpaired) electrons. The highest BCUT2D eigenvalue weighted by atomic mass is 19.1. The van der Waals surface area contributed by atoms with Gasteiger partial charge in [-0.05, 0) is 37.6 Å². The van der Waals surface area contributed by atoms with Gasteiger partial charge in [-0.3, -0.25) is 9.59 Å². The summed E-state index contributed by atoms with van der Waals surface area (Å²) < 4.78 is 12.8. The summed E-state index contributed by atoms with van der Waals surface area (Å²) in [6.45, 7) is 1.94. The smallest absolute Gasteiger partial charge is 0.319 e. The van der Waals surface area contributed by atoms with E-state index in [9.17, 15) is 18.8 Å². The molecule has 23 heavy (non-hydrogen) atoms. The Bertz CT molecular complexity index is 649. The number of nitrogens with one attached hydrogen (secondary N) is 3. The van der Waals surface area contributed by atoms with Crippen molar-refractivity contribution in [3.8, 4) is 0 Å². The van der Waals surface area contributed by atoms with Gasteiger partial charge in [0.2, 0.25) is 11.8 Å². The molecule has 122 valence electrons. The molecule has 0 aromatic heterocycles. The molecule has 1 aromatic rings. The van der Waals surface area contributed by atoms with Crippen molar-refractivity contribution in [2.45, 2.75) is 31.5 Å². The van der Waals surface area contributed by atoms with E-state index in [1.807, 2.05) is 0 Å². The third-order valence-electron chi connectivity index (χ3n) is 4.05. The Labute approximate surface area is 132 Å². The quantitative estimate of drug-likeness (QED) is 0.738. The van der Waals surface area contributed by atoms with Gasteiger partial charge in [-0.15, -0.1) is 0 Å². The van der Waals surface area contributed by atoms with Gasteiger partial charge in [-0.25, -0.2) is 9.18 Å². The first-order chi connectivity index (χ1) is 10.9. The lowest BCUT2D eigenvalue weighted by atomic mass is 10.1. The zero-order valence-corrected chi connectivity index (χ0v) is 12.5. The first-order valence-electron chi connectivity index (χ1n) is 7.38. The molecule has 0 bridgehead atoms. The van der Waals surface area contributed by atoms with Crippen LogP contribution in [-0.2, 0) is 9.59 Å². The zero-order chi connectivity index (χ0) is 16.6. The second-order valence-electron chi connectivity index (χ2n) is 5.77. The van der Waals surface area contributed by atoms with E-state index >= 15 is 0 Å². The number of urea groups is 1. The number of carbonyl (C=O) groups is 3. The minimum absolute atomic E-state index is 0.141. The molecule has 2 heterocycles. The van der Waals surface area contributed by atoms with Crippen molar-refractivity contribution in [3.05, 3.63) is 30.1 Å². The maximum Gasteiger partial charge on any atom is 0.319 e. The van der Waals surface area contributed by atoms with Crippen LogP contribution >= 0.6 is 0 Å². The number of rotatable bonds is 2. The fourth-order valence-corrected chi connectivity index (χ4v) is 2.94. The van der Waals surface area contributed by atoms with Crippen LogP contribution in [-0.4, -0.2) is 47.4 Å². The zero-order valence-electron chi connectivity index (χ0n) is 12.5. The molecule has 0 unspecified atom stereocenters. The van der Waals surface area contributed by atoms with E-state index in [0.717, 1.165) is 0 Å². The molecule has 2 aliphatic heterocycles. The maximum atomic E-state index is 12.8. The van der Waals surface area contributed by atoms with Gasteiger partial charge >= 0.3 is 6.03 Å². The number of amides is 4. The third kappa shape index (κ3) is 3.10. The average Bonchev–Trinajstić information content (AvgIpc) is 2.92. The van der Waals surface area contributed by atoms with Crippen molar-refractivity contribution in [3.63, 3.8) is 0 Å². The van der Waals surface area contributed by atoms with Crippen LogP contribution < -0.4 is 16.0 Å². The normalized spacial score (nSPS) is 26.5. The molecule has 3 atom stereocenters. The molecule has 2 saturated heterocycles. The molecule has 0 aliphatic carbocycles. The van der Waals surface area contributed by atoms with Gasteiger partial charge in [0.15, 0.2) is 0 Å². The van der Waals surface area contributed by atoms with Crippen LogP contribution in [0.4, 0.5) is 14.9 Å². The highest BCUT2D eigenvalue weighted by molar-refractivity contribution is 5.97. The summed E-state index contributed by atoms with van der Waals surface area (Å²) >= 11 is 0. The monoisotopic (exact) mass is 320 g/mol. The standard InChI is InChI=1S/C15H17FN4O3/c1-8-14(22)20-7-11(6-12(20)13(21)17-8)19-15(23)18-10-4-2-9(16)3-5-10/h2-5,8,11-12H,6-7H2,1H3,(H,17,21)(H2,18,19,23)/t8-,11+,12+/m1/s1. The summed E-state index contributed by atoms with van der Waals surface area (Å²) in [4.78, 5) is 37.4. The first-order valence-corrected chi connectivity index (χ1v) is 7.38. The van der Waals surface area contributed by atoms with Crippen molar-refractivity contribution < 1.29 is 18.8 Å². The Morgan fingerprint density at radius 3 is 2.70 bits per heavy atom. The number of halogens is 1. The van der Waals surface area contributed by atoms with Crippen LogP contribution in [0.3, 0.4) is 0 Å². The van der Waals surface area contributed by atoms with Crippen molar-refractivity contribution in [1.29, 1.82) is 0 Å². The molecule has 3 rings (SSSR count). The van der Waals surface area contributed by atoms with E-state index in [4.69, 9.17) is 0 Å². The third-order valence-corrected chi connectivity index (χ3v) is 4.05. The molecule has 0 spiro atoms. The molecular weight excluding hydrogens is 303 g/mol. The van der Waals surface area contributed by atoms with E-state index < -0.39 is 18.1 Å². The van der Waals surface area contributed by atoms with Gasteiger partial charge < -0.3 is 20.9 Å². The Morgan fingerprint density at radius 1 is 1.30 bits per heavy atom. The molecule has 2 aliphatic rings. The van der Waals surface area contributed by atoms with Crippen molar-refractivity contribution in [1.82, 2.24) is 15.5 Å². The van der Waals surface area contributed by atoms with Crippen molar-refractivity contribution >= 4 is 23.5 Å². The molecule has 4 amide bonds. The van der Waals surface area contributed by atoms with Gasteiger partial charge in [0.1, 0.15) is 17.9 Å². The minimum atomic E-state index is -0.537. The van der Waals surface area contributed by atoms with Crippen molar-refractivity contribution in [2.24, 2.45) is 0 Å². The molecule has 8 heteroatoms. The summed E-state index contributed by atoms with van der Waals surface area (Å²) in [5.41, 5.74) is 0.460. The highest BCUT2D eigenvalue weighted by Gasteiger charge is 2.45. The summed E-state index contributed by atoms with van der Waals surface area (Å²) in [6.07, 6.45) is 0.376. The lowest BCUT2D eigenvalue weighted by Crippen LogP contribution is -2.60. The lowest BCUT2D eigenvalue weighted by molar-refractivity contribution is -0.146. The topological polar surface area (TPSA) is 90.5 Å². The molecule has 2 fully saturated rings. The van der Waals surface area contributed by atoms with Gasteiger partial charge in [0.05, 0.1) is 6.04 Å². The fourth-order valence-electron chi connectivity index (χ4n) is 2.94. The fraction of sp³-hybridized carbons (Fsp3) is 0.400. The Balaban J connectivity index is 1.59. The molecule has 7 nitrogen and oxygen atoms in total. The van der Waals surface area contributed by atoms with E-state index in [1.165, 1.54) is 29.2 Å². The van der Waals surface area contributed by atoms with Gasteiger partial charge in [0, 0.05) is 12.2 Å². The minimum Gasteiger partial charge on any atom is -0.343 e. The number of carbonyl (C=O) groups excluding carboxylic acids is 3. The molecule has 0 saturated carbocycles. The summed E-state index contributed by atoms with van der Waals surface area (Å²) in [5.74, 6) is -0.722. The van der Waals surface area contributed by atoms with E-state index in [2.05, 4.69) is 16.0 Å². The van der Waals surface area contributed by atoms with Crippen LogP contribution in [0.2, 0.25) is 0 Å². The Kier molecular flexibility index (Phi) is 3.89. The van der Waals surface area contributed by atoms with Crippen LogP contribution in [0.1, 0.15) is 13.3 Å². The molecular formula is C15H17FN4O3. The number of hydrogen-bond donors (Lipinski definition) is 3.